The van der Waals surface area contributed by atoms with E-state index in [-0.39, 0.29) is 0 Å². The molecule has 0 bridgehead atoms. The predicted octanol–water partition coefficient (Wildman–Crippen LogP) is 7.16. The van der Waals surface area contributed by atoms with Gasteiger partial charge in [-0.25, -0.2) is 0 Å². The van der Waals surface area contributed by atoms with Crippen molar-refractivity contribution in [2.45, 2.75) is 13.2 Å². The van der Waals surface area contributed by atoms with Crippen molar-refractivity contribution in [2.75, 3.05) is 5.73 Å². The minimum Gasteiger partial charge on any atom is -0.489 e. The lowest BCUT2D eigenvalue weighted by Crippen LogP contribution is -1.98. The number of anilines is 1. The molecular formula is C31H26N2O2. The topological polar surface area (TPSA) is 57.4 Å². The Morgan fingerprint density at radius 1 is 0.600 bits per heavy atom. The van der Waals surface area contributed by atoms with Crippen LogP contribution in [-0.4, -0.2) is 4.98 Å². The van der Waals surface area contributed by atoms with Gasteiger partial charge in [-0.3, -0.25) is 4.98 Å². The molecule has 1 heterocycles. The highest BCUT2D eigenvalue weighted by Gasteiger charge is 2.11. The van der Waals surface area contributed by atoms with Gasteiger partial charge in [-0.2, -0.15) is 0 Å². The lowest BCUT2D eigenvalue weighted by Gasteiger charge is -2.14. The second kappa shape index (κ2) is 10.6. The fraction of sp³-hybridized carbons (Fsp3) is 0.0645. The fourth-order valence-corrected chi connectivity index (χ4v) is 3.82. The molecule has 0 atom stereocenters. The molecule has 0 spiro atoms. The zero-order valence-electron chi connectivity index (χ0n) is 19.3. The van der Waals surface area contributed by atoms with E-state index >= 15 is 0 Å². The van der Waals surface area contributed by atoms with Crippen LogP contribution < -0.4 is 15.2 Å². The summed E-state index contributed by atoms with van der Waals surface area (Å²) in [7, 11) is 0. The van der Waals surface area contributed by atoms with E-state index in [9.17, 15) is 0 Å². The Morgan fingerprint density at radius 3 is 1.86 bits per heavy atom. The summed E-state index contributed by atoms with van der Waals surface area (Å²) < 4.78 is 12.1. The number of aromatic nitrogens is 1. The Labute approximate surface area is 205 Å². The van der Waals surface area contributed by atoms with Gasteiger partial charge in [0.2, 0.25) is 0 Å². The number of benzene rings is 4. The Kier molecular flexibility index (Phi) is 6.72. The largest absolute Gasteiger partial charge is 0.489 e. The summed E-state index contributed by atoms with van der Waals surface area (Å²) in [4.78, 5) is 4.54. The van der Waals surface area contributed by atoms with Gasteiger partial charge in [0, 0.05) is 5.56 Å². The molecule has 5 aromatic rings. The third kappa shape index (κ3) is 5.68. The molecule has 4 heteroatoms. The molecule has 0 aliphatic rings. The van der Waals surface area contributed by atoms with E-state index in [1.54, 1.807) is 6.20 Å². The van der Waals surface area contributed by atoms with Crippen molar-refractivity contribution < 1.29 is 9.47 Å². The van der Waals surface area contributed by atoms with Gasteiger partial charge in [0.1, 0.15) is 24.7 Å². The minimum atomic E-state index is 0.482. The van der Waals surface area contributed by atoms with E-state index in [2.05, 4.69) is 53.5 Å². The number of nitrogens with two attached hydrogens (primary N) is 1. The maximum atomic E-state index is 6.20. The highest BCUT2D eigenvalue weighted by molar-refractivity contribution is 5.76. The van der Waals surface area contributed by atoms with Gasteiger partial charge in [-0.15, -0.1) is 0 Å². The number of nitrogen functional groups attached to an aromatic ring is 1. The number of pyridine rings is 1. The standard InChI is InChI=1S/C31H26N2O2/c32-27-14-17-30(33-20-27)29-19-26(13-18-31(29)35-22-24-9-5-2-6-10-24)25-11-15-28(16-12-25)34-21-23-7-3-1-4-8-23/h1-20H,21-22,32H2. The third-order valence-corrected chi connectivity index (χ3v) is 5.72. The van der Waals surface area contributed by atoms with Crippen LogP contribution in [0.5, 0.6) is 11.5 Å². The van der Waals surface area contributed by atoms with E-state index in [4.69, 9.17) is 15.2 Å². The molecule has 0 aliphatic heterocycles. The van der Waals surface area contributed by atoms with Crippen LogP contribution in [0.1, 0.15) is 11.1 Å². The summed E-state index contributed by atoms with van der Waals surface area (Å²) in [5.74, 6) is 1.61. The van der Waals surface area contributed by atoms with Crippen molar-refractivity contribution in [3.63, 3.8) is 0 Å². The van der Waals surface area contributed by atoms with E-state index in [0.717, 1.165) is 45.0 Å². The van der Waals surface area contributed by atoms with E-state index in [1.807, 2.05) is 66.7 Å². The molecule has 0 saturated heterocycles. The molecule has 2 N–H and O–H groups in total. The zero-order valence-corrected chi connectivity index (χ0v) is 19.3. The summed E-state index contributed by atoms with van der Waals surface area (Å²) in [5, 5.41) is 0. The van der Waals surface area contributed by atoms with E-state index in [0.29, 0.717) is 18.9 Å². The first-order chi connectivity index (χ1) is 17.2. The second-order valence-corrected chi connectivity index (χ2v) is 8.26. The van der Waals surface area contributed by atoms with Gasteiger partial charge in [-0.1, -0.05) is 78.9 Å². The maximum Gasteiger partial charge on any atom is 0.129 e. The Balaban J connectivity index is 1.38. The number of rotatable bonds is 8. The monoisotopic (exact) mass is 458 g/mol. The molecular weight excluding hydrogens is 432 g/mol. The van der Waals surface area contributed by atoms with Crippen LogP contribution >= 0.6 is 0 Å². The number of ether oxygens (including phenoxy) is 2. The molecule has 0 radical (unpaired) electrons. The zero-order chi connectivity index (χ0) is 23.9. The van der Waals surface area contributed by atoms with Crippen molar-refractivity contribution in [2.24, 2.45) is 0 Å². The second-order valence-electron chi connectivity index (χ2n) is 8.26. The van der Waals surface area contributed by atoms with Gasteiger partial charge in [0.15, 0.2) is 0 Å². The van der Waals surface area contributed by atoms with Crippen LogP contribution in [0.4, 0.5) is 5.69 Å². The lowest BCUT2D eigenvalue weighted by molar-refractivity contribution is 0.306. The Bertz CT molecular complexity index is 1370. The molecule has 0 unspecified atom stereocenters. The summed E-state index contributed by atoms with van der Waals surface area (Å²) in [6, 6.07) is 38.4. The van der Waals surface area contributed by atoms with Crippen LogP contribution in [0.2, 0.25) is 0 Å². The summed E-state index contributed by atoms with van der Waals surface area (Å²) in [6.45, 7) is 1.02. The molecule has 172 valence electrons. The number of nitrogens with zero attached hydrogens (tertiary/aromatic N) is 1. The first-order valence-corrected chi connectivity index (χ1v) is 11.5. The van der Waals surface area contributed by atoms with Crippen molar-refractivity contribution >= 4 is 5.69 Å². The van der Waals surface area contributed by atoms with E-state index < -0.39 is 0 Å². The molecule has 0 amide bonds. The molecule has 5 rings (SSSR count). The van der Waals surface area contributed by atoms with Gasteiger partial charge in [0.25, 0.3) is 0 Å². The minimum absolute atomic E-state index is 0.482. The Hall–Kier alpha value is -4.57. The van der Waals surface area contributed by atoms with Gasteiger partial charge in [-0.05, 0) is 58.7 Å². The molecule has 1 aromatic heterocycles. The quantitative estimate of drug-likeness (QED) is 0.268. The predicted molar refractivity (Wildman–Crippen MR) is 141 cm³/mol. The summed E-state index contributed by atoms with van der Waals surface area (Å²) >= 11 is 0. The highest BCUT2D eigenvalue weighted by Crippen LogP contribution is 2.34. The average Bonchev–Trinajstić information content (AvgIpc) is 2.93. The van der Waals surface area contributed by atoms with Gasteiger partial charge < -0.3 is 15.2 Å². The first-order valence-electron chi connectivity index (χ1n) is 11.5. The van der Waals surface area contributed by atoms with Crippen LogP contribution in [-0.2, 0) is 13.2 Å². The van der Waals surface area contributed by atoms with Crippen LogP contribution in [0.25, 0.3) is 22.4 Å². The van der Waals surface area contributed by atoms with Gasteiger partial charge in [0.05, 0.1) is 17.6 Å². The number of hydrogen-bond donors (Lipinski definition) is 1. The maximum absolute atomic E-state index is 6.20. The average molecular weight is 459 g/mol. The summed E-state index contributed by atoms with van der Waals surface area (Å²) in [5.41, 5.74) is 12.6. The number of hydrogen-bond acceptors (Lipinski definition) is 4. The van der Waals surface area contributed by atoms with Crippen molar-refractivity contribution in [3.05, 3.63) is 133 Å². The molecule has 0 fully saturated rings. The normalized spacial score (nSPS) is 10.6. The molecule has 0 aliphatic carbocycles. The van der Waals surface area contributed by atoms with Crippen molar-refractivity contribution in [1.29, 1.82) is 0 Å². The fourth-order valence-electron chi connectivity index (χ4n) is 3.82. The Morgan fingerprint density at radius 2 is 1.23 bits per heavy atom. The molecule has 0 saturated carbocycles. The van der Waals surface area contributed by atoms with Crippen LogP contribution in [0.15, 0.2) is 121 Å². The van der Waals surface area contributed by atoms with Crippen molar-refractivity contribution in [3.8, 4) is 33.9 Å². The van der Waals surface area contributed by atoms with Crippen LogP contribution in [0.3, 0.4) is 0 Å². The van der Waals surface area contributed by atoms with Crippen molar-refractivity contribution in [1.82, 2.24) is 4.98 Å². The SMILES string of the molecule is Nc1ccc(-c2cc(-c3ccc(OCc4ccccc4)cc3)ccc2OCc2ccccc2)nc1. The van der Waals surface area contributed by atoms with Gasteiger partial charge >= 0.3 is 0 Å². The van der Waals surface area contributed by atoms with E-state index in [1.165, 1.54) is 0 Å². The molecule has 35 heavy (non-hydrogen) atoms. The highest BCUT2D eigenvalue weighted by atomic mass is 16.5. The first kappa shape index (κ1) is 22.2. The smallest absolute Gasteiger partial charge is 0.129 e. The lowest BCUT2D eigenvalue weighted by atomic mass is 10.0. The third-order valence-electron chi connectivity index (χ3n) is 5.72. The summed E-state index contributed by atoms with van der Waals surface area (Å²) in [6.07, 6.45) is 1.67. The van der Waals surface area contributed by atoms with Crippen LogP contribution in [0, 0.1) is 0 Å². The molecule has 4 aromatic carbocycles. The molecule has 4 nitrogen and oxygen atoms in total.